The highest BCUT2D eigenvalue weighted by atomic mass is 16.3. The third-order valence-electron chi connectivity index (χ3n) is 5.55. The van der Waals surface area contributed by atoms with Crippen molar-refractivity contribution in [1.82, 2.24) is 15.1 Å². The second-order valence-electron chi connectivity index (χ2n) is 7.42. The summed E-state index contributed by atoms with van der Waals surface area (Å²) in [6.45, 7) is 9.35. The molecule has 2 aliphatic rings. The van der Waals surface area contributed by atoms with Crippen LogP contribution in [-0.4, -0.2) is 54.5 Å². The molecular formula is C19H31N3O2. The third kappa shape index (κ3) is 4.19. The van der Waals surface area contributed by atoms with Gasteiger partial charge in [-0.3, -0.25) is 9.69 Å². The van der Waals surface area contributed by atoms with Crippen LogP contribution in [0, 0.1) is 5.92 Å². The molecule has 0 spiro atoms. The molecule has 0 saturated carbocycles. The average molecular weight is 333 g/mol. The monoisotopic (exact) mass is 333 g/mol. The van der Waals surface area contributed by atoms with Gasteiger partial charge >= 0.3 is 0 Å². The van der Waals surface area contributed by atoms with E-state index in [-0.39, 0.29) is 17.9 Å². The van der Waals surface area contributed by atoms with Crippen LogP contribution in [0.4, 0.5) is 0 Å². The molecule has 0 aromatic carbocycles. The van der Waals surface area contributed by atoms with Crippen molar-refractivity contribution in [2.24, 2.45) is 5.92 Å². The van der Waals surface area contributed by atoms with E-state index in [9.17, 15) is 4.79 Å². The first-order chi connectivity index (χ1) is 11.6. The normalized spacial score (nSPS) is 22.1. The minimum absolute atomic E-state index is 0.163. The van der Waals surface area contributed by atoms with Crippen molar-refractivity contribution in [3.05, 3.63) is 24.2 Å². The maximum atomic E-state index is 12.6. The molecule has 3 heterocycles. The highest BCUT2D eigenvalue weighted by Crippen LogP contribution is 2.25. The second kappa shape index (κ2) is 8.17. The fourth-order valence-corrected chi connectivity index (χ4v) is 3.96. The zero-order chi connectivity index (χ0) is 16.9. The molecule has 1 aromatic rings. The van der Waals surface area contributed by atoms with Crippen LogP contribution >= 0.6 is 0 Å². The fourth-order valence-electron chi connectivity index (χ4n) is 3.96. The Morgan fingerprint density at radius 2 is 1.92 bits per heavy atom. The minimum Gasteiger partial charge on any atom is -0.468 e. The first-order valence-electron chi connectivity index (χ1n) is 9.44. The smallest absolute Gasteiger partial charge is 0.223 e. The first kappa shape index (κ1) is 17.5. The van der Waals surface area contributed by atoms with Gasteiger partial charge in [-0.1, -0.05) is 0 Å². The molecule has 2 saturated heterocycles. The Labute approximate surface area is 145 Å². The summed E-state index contributed by atoms with van der Waals surface area (Å²) in [5, 5.41) is 3.20. The van der Waals surface area contributed by atoms with Crippen LogP contribution < -0.4 is 5.32 Å². The predicted molar refractivity (Wildman–Crippen MR) is 94.7 cm³/mol. The molecule has 1 aromatic heterocycles. The van der Waals surface area contributed by atoms with Crippen molar-refractivity contribution in [3.8, 4) is 0 Å². The highest BCUT2D eigenvalue weighted by Gasteiger charge is 2.29. The van der Waals surface area contributed by atoms with Crippen LogP contribution in [0.3, 0.4) is 0 Å². The summed E-state index contributed by atoms with van der Waals surface area (Å²) in [5.74, 6) is 1.34. The van der Waals surface area contributed by atoms with Gasteiger partial charge in [0.05, 0.1) is 12.3 Å². The van der Waals surface area contributed by atoms with Crippen LogP contribution in [-0.2, 0) is 4.79 Å². The Balaban J connectivity index is 1.52. The Morgan fingerprint density at radius 1 is 1.21 bits per heavy atom. The Hall–Kier alpha value is -1.33. The van der Waals surface area contributed by atoms with Gasteiger partial charge in [0.25, 0.3) is 0 Å². The third-order valence-corrected chi connectivity index (χ3v) is 5.55. The summed E-state index contributed by atoms with van der Waals surface area (Å²) >= 11 is 0. The number of carbonyl (C=O) groups is 1. The van der Waals surface area contributed by atoms with Gasteiger partial charge < -0.3 is 14.6 Å². The van der Waals surface area contributed by atoms with Gasteiger partial charge in [-0.25, -0.2) is 0 Å². The average Bonchev–Trinajstić information content (AvgIpc) is 3.29. The van der Waals surface area contributed by atoms with Crippen molar-refractivity contribution in [1.29, 1.82) is 0 Å². The lowest BCUT2D eigenvalue weighted by atomic mass is 9.95. The van der Waals surface area contributed by atoms with Gasteiger partial charge in [0, 0.05) is 18.5 Å². The Morgan fingerprint density at radius 3 is 2.50 bits per heavy atom. The summed E-state index contributed by atoms with van der Waals surface area (Å²) in [4.78, 5) is 17.5. The summed E-state index contributed by atoms with van der Waals surface area (Å²) in [5.41, 5.74) is 0. The van der Waals surface area contributed by atoms with Gasteiger partial charge in [-0.2, -0.15) is 0 Å². The molecule has 134 valence electrons. The number of hydrogen-bond acceptors (Lipinski definition) is 4. The summed E-state index contributed by atoms with van der Waals surface area (Å²) in [6, 6.07) is 4.70. The van der Waals surface area contributed by atoms with Gasteiger partial charge in [0.2, 0.25) is 5.91 Å². The van der Waals surface area contributed by atoms with Crippen molar-refractivity contribution in [3.63, 3.8) is 0 Å². The number of carbonyl (C=O) groups excluding carboxylic acids is 1. The minimum atomic E-state index is 0.163. The van der Waals surface area contributed by atoms with Crippen molar-refractivity contribution >= 4 is 5.91 Å². The van der Waals surface area contributed by atoms with Crippen molar-refractivity contribution in [2.45, 2.75) is 51.6 Å². The number of rotatable bonds is 6. The molecule has 5 nitrogen and oxygen atoms in total. The van der Waals surface area contributed by atoms with E-state index >= 15 is 0 Å². The van der Waals surface area contributed by atoms with Crippen LogP contribution in [0.2, 0.25) is 0 Å². The maximum absolute atomic E-state index is 12.6. The van der Waals surface area contributed by atoms with Gasteiger partial charge in [-0.05, 0) is 77.8 Å². The summed E-state index contributed by atoms with van der Waals surface area (Å²) in [7, 11) is 0. The lowest BCUT2D eigenvalue weighted by Crippen LogP contribution is -2.44. The van der Waals surface area contributed by atoms with Gasteiger partial charge in [0.15, 0.2) is 0 Å². The number of nitrogens with one attached hydrogen (secondary N) is 1. The molecule has 1 N–H and O–H groups in total. The number of furan rings is 1. The lowest BCUT2D eigenvalue weighted by Gasteiger charge is -2.34. The highest BCUT2D eigenvalue weighted by molar-refractivity contribution is 5.78. The molecule has 1 amide bonds. The SMILES string of the molecule is CC(C)N1CCC(C(=O)NC[C@H](c2ccco2)N2CCCC2)CC1. The largest absolute Gasteiger partial charge is 0.468 e. The summed E-state index contributed by atoms with van der Waals surface area (Å²) in [6.07, 6.45) is 6.14. The molecule has 3 rings (SSSR count). The van der Waals surface area contributed by atoms with E-state index in [1.807, 2.05) is 12.1 Å². The van der Waals surface area contributed by atoms with E-state index in [4.69, 9.17) is 4.42 Å². The number of likely N-dealkylation sites (tertiary alicyclic amines) is 2. The molecule has 2 aliphatic heterocycles. The number of hydrogen-bond donors (Lipinski definition) is 1. The molecule has 24 heavy (non-hydrogen) atoms. The molecule has 5 heteroatoms. The molecule has 2 fully saturated rings. The van der Waals surface area contributed by atoms with Crippen LogP contribution in [0.15, 0.2) is 22.8 Å². The van der Waals surface area contributed by atoms with Crippen LogP contribution in [0.1, 0.15) is 51.3 Å². The summed E-state index contributed by atoms with van der Waals surface area (Å²) < 4.78 is 5.63. The Kier molecular flexibility index (Phi) is 5.95. The van der Waals surface area contributed by atoms with Crippen molar-refractivity contribution < 1.29 is 9.21 Å². The molecule has 0 aliphatic carbocycles. The number of piperidine rings is 1. The molecule has 0 bridgehead atoms. The second-order valence-corrected chi connectivity index (χ2v) is 7.42. The van der Waals surface area contributed by atoms with E-state index in [0.29, 0.717) is 12.6 Å². The molecular weight excluding hydrogens is 302 g/mol. The standard InChI is InChI=1S/C19H31N3O2/c1-15(2)21-11-7-16(8-12-21)19(23)20-14-17(18-6-5-13-24-18)22-9-3-4-10-22/h5-6,13,15-17H,3-4,7-12,14H2,1-2H3,(H,20,23)/t17-/m1/s1. The van der Waals surface area contributed by atoms with E-state index in [1.165, 1.54) is 12.8 Å². The lowest BCUT2D eigenvalue weighted by molar-refractivity contribution is -0.126. The quantitative estimate of drug-likeness (QED) is 0.869. The van der Waals surface area contributed by atoms with Crippen LogP contribution in [0.5, 0.6) is 0 Å². The van der Waals surface area contributed by atoms with Crippen molar-refractivity contribution in [2.75, 3.05) is 32.7 Å². The molecule has 0 unspecified atom stereocenters. The number of nitrogens with zero attached hydrogens (tertiary/aromatic N) is 2. The first-order valence-corrected chi connectivity index (χ1v) is 9.44. The zero-order valence-electron chi connectivity index (χ0n) is 15.0. The van der Waals surface area contributed by atoms with E-state index in [0.717, 1.165) is 44.8 Å². The van der Waals surface area contributed by atoms with E-state index in [1.54, 1.807) is 6.26 Å². The molecule has 0 radical (unpaired) electrons. The zero-order valence-corrected chi connectivity index (χ0v) is 15.0. The predicted octanol–water partition coefficient (Wildman–Crippen LogP) is 2.65. The number of amides is 1. The Bertz CT molecular complexity index is 501. The van der Waals surface area contributed by atoms with Gasteiger partial charge in [-0.15, -0.1) is 0 Å². The van der Waals surface area contributed by atoms with E-state index in [2.05, 4.69) is 29.0 Å². The maximum Gasteiger partial charge on any atom is 0.223 e. The fraction of sp³-hybridized carbons (Fsp3) is 0.737. The van der Waals surface area contributed by atoms with E-state index < -0.39 is 0 Å². The van der Waals surface area contributed by atoms with Gasteiger partial charge in [0.1, 0.15) is 5.76 Å². The molecule has 1 atom stereocenters. The topological polar surface area (TPSA) is 48.7 Å². The van der Waals surface area contributed by atoms with Crippen LogP contribution in [0.25, 0.3) is 0 Å².